The van der Waals surface area contributed by atoms with E-state index in [1.54, 1.807) is 23.5 Å². The molecule has 0 saturated carbocycles. The summed E-state index contributed by atoms with van der Waals surface area (Å²) in [5, 5.41) is 8.20. The number of hydrogen-bond acceptors (Lipinski definition) is 3. The Morgan fingerprint density at radius 3 is 2.23 bits per heavy atom. The minimum Gasteiger partial charge on any atom is -1.00 e. The fraction of sp³-hybridized carbons (Fsp3) is 0.484. The normalized spacial score (nSPS) is 10.6. The number of ether oxygens (including phenoxy) is 1. The monoisotopic (exact) mass is 635 g/mol. The summed E-state index contributed by atoms with van der Waals surface area (Å²) in [4.78, 5) is 12.5. The number of aromatic nitrogens is 1. The lowest BCUT2D eigenvalue weighted by molar-refractivity contribution is -0.683. The largest absolute Gasteiger partial charge is 1.00 e. The standard InChI is InChI=1S/C31H42ClN3O2S.BrH/c1-2-3-4-5-6-7-8-9-10-11-12-13-20-37-28-17-18-30(29(32)23-28)34-31(36)33-27-16-14-15-26(22-27)24-35-19-21-38-25-35;/h14-19,21-23,25H,2-13,20,24H2,1H3,(H-,33,34,36);1H. The average Bonchev–Trinajstić information content (AvgIpc) is 3.41. The van der Waals surface area contributed by atoms with E-state index in [1.807, 2.05) is 41.9 Å². The van der Waals surface area contributed by atoms with Crippen molar-refractivity contribution in [3.8, 4) is 5.75 Å². The first-order valence-electron chi connectivity index (χ1n) is 14.1. The molecule has 0 aliphatic carbocycles. The molecule has 2 aromatic carbocycles. The number of carbonyl (C=O) groups is 1. The van der Waals surface area contributed by atoms with Gasteiger partial charge in [-0.05, 0) is 30.7 Å². The molecule has 2 N–H and O–H groups in total. The SMILES string of the molecule is CCCCCCCCCCCCCCOc1ccc(NC(=O)Nc2cccc(C[n+]3ccsc3)c2)c(Cl)c1.[Br-]. The van der Waals surface area contributed by atoms with Gasteiger partial charge in [0, 0.05) is 17.3 Å². The molecule has 0 radical (unpaired) electrons. The van der Waals surface area contributed by atoms with Gasteiger partial charge in [0.1, 0.15) is 5.75 Å². The van der Waals surface area contributed by atoms with Crippen molar-refractivity contribution in [1.29, 1.82) is 0 Å². The van der Waals surface area contributed by atoms with E-state index in [1.165, 1.54) is 70.6 Å². The molecule has 0 unspecified atom stereocenters. The van der Waals surface area contributed by atoms with E-state index < -0.39 is 0 Å². The highest BCUT2D eigenvalue weighted by molar-refractivity contribution is 7.07. The molecule has 8 heteroatoms. The van der Waals surface area contributed by atoms with Gasteiger partial charge in [0.2, 0.25) is 5.51 Å². The van der Waals surface area contributed by atoms with E-state index in [0.717, 1.165) is 30.0 Å². The van der Waals surface area contributed by atoms with Crippen LogP contribution < -0.4 is 36.9 Å². The zero-order chi connectivity index (χ0) is 26.8. The number of unbranched alkanes of at least 4 members (excludes halogenated alkanes) is 11. The Labute approximate surface area is 254 Å². The van der Waals surface area contributed by atoms with Crippen molar-refractivity contribution in [2.75, 3.05) is 17.2 Å². The fourth-order valence-electron chi connectivity index (χ4n) is 4.41. The molecule has 3 rings (SSSR count). The van der Waals surface area contributed by atoms with Crippen molar-refractivity contribution in [2.24, 2.45) is 0 Å². The molecule has 0 saturated heterocycles. The first kappa shape index (κ1) is 33.1. The number of rotatable bonds is 18. The maximum absolute atomic E-state index is 12.5. The summed E-state index contributed by atoms with van der Waals surface area (Å²) in [6.07, 6.45) is 17.9. The summed E-state index contributed by atoms with van der Waals surface area (Å²) in [6, 6.07) is 12.9. The van der Waals surface area contributed by atoms with E-state index in [4.69, 9.17) is 16.3 Å². The predicted molar refractivity (Wildman–Crippen MR) is 161 cm³/mol. The van der Waals surface area contributed by atoms with Crippen LogP contribution in [0.15, 0.2) is 59.6 Å². The van der Waals surface area contributed by atoms with Gasteiger partial charge in [-0.25, -0.2) is 4.79 Å². The lowest BCUT2D eigenvalue weighted by Gasteiger charge is -2.12. The van der Waals surface area contributed by atoms with Gasteiger partial charge in [-0.15, -0.1) is 0 Å². The van der Waals surface area contributed by atoms with Crippen molar-refractivity contribution >= 4 is 40.3 Å². The highest BCUT2D eigenvalue weighted by Crippen LogP contribution is 2.27. The third kappa shape index (κ3) is 13.7. The molecule has 214 valence electrons. The number of nitrogens with one attached hydrogen (secondary N) is 2. The Kier molecular flexibility index (Phi) is 16.9. The molecule has 0 spiro atoms. The highest BCUT2D eigenvalue weighted by Gasteiger charge is 2.09. The second-order valence-corrected chi connectivity index (χ2v) is 11.0. The summed E-state index contributed by atoms with van der Waals surface area (Å²) >= 11 is 8.07. The third-order valence-corrected chi connectivity index (χ3v) is 7.52. The van der Waals surface area contributed by atoms with Crippen molar-refractivity contribution in [1.82, 2.24) is 0 Å². The smallest absolute Gasteiger partial charge is 0.323 e. The quantitative estimate of drug-likeness (QED) is 0.124. The maximum atomic E-state index is 12.5. The molecule has 0 aliphatic rings. The molecular formula is C31H43BrClN3O2S. The Balaban J connectivity index is 0.00000533. The van der Waals surface area contributed by atoms with Crippen LogP contribution in [0.5, 0.6) is 5.75 Å². The highest BCUT2D eigenvalue weighted by atomic mass is 79.9. The Hall–Kier alpha value is -2.09. The van der Waals surface area contributed by atoms with Crippen LogP contribution in [0.3, 0.4) is 0 Å². The summed E-state index contributed by atoms with van der Waals surface area (Å²) in [5.41, 5.74) is 4.45. The fourth-order valence-corrected chi connectivity index (χ4v) is 5.23. The van der Waals surface area contributed by atoms with Crippen LogP contribution in [0, 0.1) is 0 Å². The maximum Gasteiger partial charge on any atom is 0.323 e. The van der Waals surface area contributed by atoms with Crippen LogP contribution in [0.2, 0.25) is 5.02 Å². The van der Waals surface area contributed by atoms with Gasteiger partial charge >= 0.3 is 6.03 Å². The first-order chi connectivity index (χ1) is 18.6. The third-order valence-electron chi connectivity index (χ3n) is 6.53. The van der Waals surface area contributed by atoms with E-state index in [-0.39, 0.29) is 23.0 Å². The van der Waals surface area contributed by atoms with Crippen molar-refractivity contribution in [3.05, 3.63) is 70.1 Å². The van der Waals surface area contributed by atoms with Crippen LogP contribution in [0.4, 0.5) is 16.2 Å². The molecular weight excluding hydrogens is 594 g/mol. The summed E-state index contributed by atoms with van der Waals surface area (Å²) < 4.78 is 7.98. The van der Waals surface area contributed by atoms with Gasteiger partial charge in [0.15, 0.2) is 12.7 Å². The number of urea groups is 1. The van der Waals surface area contributed by atoms with Crippen LogP contribution in [-0.2, 0) is 6.54 Å². The van der Waals surface area contributed by atoms with Gasteiger partial charge < -0.3 is 32.4 Å². The number of carbonyl (C=O) groups excluding carboxylic acids is 1. The minimum atomic E-state index is -0.336. The summed E-state index contributed by atoms with van der Waals surface area (Å²) in [6.45, 7) is 3.71. The molecule has 0 aliphatic heterocycles. The number of halogens is 2. The molecule has 1 heterocycles. The number of benzene rings is 2. The predicted octanol–water partition coefficient (Wildman–Crippen LogP) is 6.47. The molecule has 2 amide bonds. The molecule has 0 atom stereocenters. The molecule has 3 aromatic rings. The molecule has 0 bridgehead atoms. The first-order valence-corrected chi connectivity index (χ1v) is 15.5. The van der Waals surface area contributed by atoms with E-state index >= 15 is 0 Å². The van der Waals surface area contributed by atoms with Crippen LogP contribution >= 0.6 is 22.9 Å². The zero-order valence-electron chi connectivity index (χ0n) is 23.1. The van der Waals surface area contributed by atoms with E-state index in [2.05, 4.69) is 27.6 Å². The Morgan fingerprint density at radius 1 is 0.897 bits per heavy atom. The van der Waals surface area contributed by atoms with Crippen molar-refractivity contribution < 1.29 is 31.1 Å². The van der Waals surface area contributed by atoms with E-state index in [0.29, 0.717) is 17.3 Å². The van der Waals surface area contributed by atoms with E-state index in [9.17, 15) is 4.79 Å². The van der Waals surface area contributed by atoms with Crippen molar-refractivity contribution in [2.45, 2.75) is 90.5 Å². The second kappa shape index (κ2) is 19.9. The average molecular weight is 637 g/mol. The van der Waals surface area contributed by atoms with Crippen LogP contribution in [0.1, 0.15) is 89.5 Å². The number of anilines is 2. The molecule has 5 nitrogen and oxygen atoms in total. The lowest BCUT2D eigenvalue weighted by atomic mass is 10.1. The van der Waals surface area contributed by atoms with Gasteiger partial charge in [0.05, 0.1) is 22.7 Å². The van der Waals surface area contributed by atoms with Gasteiger partial charge in [-0.3, -0.25) is 0 Å². The van der Waals surface area contributed by atoms with Crippen LogP contribution in [-0.4, -0.2) is 12.6 Å². The number of amides is 2. The molecule has 39 heavy (non-hydrogen) atoms. The Bertz CT molecular complexity index is 1080. The van der Waals surface area contributed by atoms with Crippen LogP contribution in [0.25, 0.3) is 0 Å². The zero-order valence-corrected chi connectivity index (χ0v) is 26.3. The number of thiazole rings is 1. The summed E-state index contributed by atoms with van der Waals surface area (Å²) in [5.74, 6) is 0.725. The number of hydrogen-bond donors (Lipinski definition) is 2. The minimum absolute atomic E-state index is 0. The van der Waals surface area contributed by atoms with Gasteiger partial charge in [0.25, 0.3) is 0 Å². The van der Waals surface area contributed by atoms with Gasteiger partial charge in [-0.1, -0.05) is 113 Å². The summed E-state index contributed by atoms with van der Waals surface area (Å²) in [7, 11) is 0. The Morgan fingerprint density at radius 2 is 1.59 bits per heavy atom. The van der Waals surface area contributed by atoms with Crippen molar-refractivity contribution in [3.63, 3.8) is 0 Å². The van der Waals surface area contributed by atoms with Gasteiger partial charge in [-0.2, -0.15) is 4.57 Å². The number of nitrogens with zero attached hydrogens (tertiary/aromatic N) is 1. The molecule has 0 fully saturated rings. The molecule has 1 aromatic heterocycles. The lowest BCUT2D eigenvalue weighted by Crippen LogP contribution is -3.00. The second-order valence-electron chi connectivity index (χ2n) is 9.86. The topological polar surface area (TPSA) is 54.2 Å².